The number of aliphatic hydroxyl groups excluding tert-OH is 1. The fourth-order valence-electron chi connectivity index (χ4n) is 3.73. The van der Waals surface area contributed by atoms with E-state index in [1.54, 1.807) is 44.3 Å². The number of hydrogen-bond acceptors (Lipinski definition) is 6. The lowest BCUT2D eigenvalue weighted by atomic mass is 10.0. The van der Waals surface area contributed by atoms with Crippen molar-refractivity contribution in [3.63, 3.8) is 0 Å². The van der Waals surface area contributed by atoms with Crippen LogP contribution >= 0.6 is 15.9 Å². The van der Waals surface area contributed by atoms with E-state index in [0.29, 0.717) is 15.9 Å². The number of likely N-dealkylation sites (N-methyl/N-ethyl adjacent to an activating group) is 1. The Labute approximate surface area is 208 Å². The van der Waals surface area contributed by atoms with Gasteiger partial charge in [0, 0.05) is 30.0 Å². The quantitative estimate of drug-likeness (QED) is 0.565. The smallest absolute Gasteiger partial charge is 0.321 e. The summed E-state index contributed by atoms with van der Waals surface area (Å²) in [5.41, 5.74) is 0.539. The lowest BCUT2D eigenvalue weighted by molar-refractivity contribution is 0.0829. The number of hydrogen-bond donors (Lipinski definition) is 2. The van der Waals surface area contributed by atoms with Crippen LogP contribution in [0.1, 0.15) is 13.8 Å². The number of nitrogens with zero attached hydrogens (tertiary/aromatic N) is 2. The number of ether oxygens (including phenoxy) is 2. The van der Waals surface area contributed by atoms with Crippen molar-refractivity contribution >= 4 is 37.7 Å². The Kier molecular flexibility index (Phi) is 8.45. The van der Waals surface area contributed by atoms with Crippen molar-refractivity contribution in [3.05, 3.63) is 46.9 Å². The first kappa shape index (κ1) is 26.3. The zero-order valence-electron chi connectivity index (χ0n) is 19.6. The van der Waals surface area contributed by atoms with E-state index in [9.17, 15) is 18.3 Å². The molecular formula is C23H30BrN3O6S. The number of aliphatic hydroxyl groups is 1. The maximum absolute atomic E-state index is 13.4. The molecule has 34 heavy (non-hydrogen) atoms. The number of nitrogens with one attached hydrogen (secondary N) is 1. The summed E-state index contributed by atoms with van der Waals surface area (Å²) in [7, 11) is -0.725. The fraction of sp³-hybridized carbons (Fsp3) is 0.435. The van der Waals surface area contributed by atoms with Crippen LogP contribution in [0.15, 0.2) is 51.8 Å². The van der Waals surface area contributed by atoms with Crippen molar-refractivity contribution in [1.82, 2.24) is 9.21 Å². The van der Waals surface area contributed by atoms with Gasteiger partial charge in [-0.15, -0.1) is 0 Å². The number of carbonyl (C=O) groups is 1. The van der Waals surface area contributed by atoms with E-state index in [0.717, 1.165) is 0 Å². The van der Waals surface area contributed by atoms with Gasteiger partial charge in [0.1, 0.15) is 22.5 Å². The van der Waals surface area contributed by atoms with E-state index < -0.39 is 22.2 Å². The molecule has 9 nitrogen and oxygen atoms in total. The van der Waals surface area contributed by atoms with E-state index in [1.807, 2.05) is 13.0 Å². The first-order valence-corrected chi connectivity index (χ1v) is 13.1. The Balaban J connectivity index is 1.89. The molecule has 0 radical (unpaired) electrons. The molecule has 0 fully saturated rings. The Morgan fingerprint density at radius 1 is 1.35 bits per heavy atom. The molecule has 1 aliphatic heterocycles. The molecule has 0 spiro atoms. The number of methoxy groups -OCH3 is 1. The second-order valence-corrected chi connectivity index (χ2v) is 11.1. The number of sulfonamides is 1. The molecule has 0 bridgehead atoms. The predicted octanol–water partition coefficient (Wildman–Crippen LogP) is 3.39. The molecule has 186 valence electrons. The maximum Gasteiger partial charge on any atom is 0.321 e. The number of para-hydroxylation sites is 2. The molecule has 2 amide bonds. The molecule has 0 aliphatic carbocycles. The van der Waals surface area contributed by atoms with Crippen LogP contribution < -0.4 is 14.8 Å². The summed E-state index contributed by atoms with van der Waals surface area (Å²) in [6, 6.07) is 10.8. The second-order valence-electron chi connectivity index (χ2n) is 8.34. The van der Waals surface area contributed by atoms with Crippen LogP contribution in [0.5, 0.6) is 11.5 Å². The lowest BCUT2D eigenvalue weighted by Crippen LogP contribution is -2.50. The molecule has 2 N–H and O–H groups in total. The number of urea groups is 1. The second kappa shape index (κ2) is 10.9. The number of anilines is 1. The van der Waals surface area contributed by atoms with E-state index in [1.165, 1.54) is 22.4 Å². The topological polar surface area (TPSA) is 108 Å². The monoisotopic (exact) mass is 555 g/mol. The van der Waals surface area contributed by atoms with Crippen molar-refractivity contribution < 1.29 is 27.8 Å². The van der Waals surface area contributed by atoms with Crippen LogP contribution in [-0.2, 0) is 10.0 Å². The third-order valence-corrected chi connectivity index (χ3v) is 8.29. The zero-order chi connectivity index (χ0) is 25.0. The van der Waals surface area contributed by atoms with Gasteiger partial charge < -0.3 is 24.8 Å². The normalized spacial score (nSPS) is 20.8. The van der Waals surface area contributed by atoms with E-state index >= 15 is 0 Å². The van der Waals surface area contributed by atoms with Crippen LogP contribution in [0.2, 0.25) is 0 Å². The highest BCUT2D eigenvalue weighted by molar-refractivity contribution is 9.10. The Morgan fingerprint density at radius 3 is 2.74 bits per heavy atom. The molecule has 3 rings (SSSR count). The summed E-state index contributed by atoms with van der Waals surface area (Å²) < 4.78 is 40.2. The third-order valence-electron chi connectivity index (χ3n) is 5.78. The van der Waals surface area contributed by atoms with E-state index in [-0.39, 0.29) is 42.3 Å². The number of carbonyl (C=O) groups excluding carboxylic acids is 1. The molecular weight excluding hydrogens is 526 g/mol. The SMILES string of the molecule is COc1ccccc1NC(=O)N(C)C[C@@H]1Oc2cc(Br)ccc2S(=O)(=O)N([C@H](C)CO)C[C@H]1C. The standard InChI is InChI=1S/C23H30BrN3O6S/c1-15-12-27(16(2)14-28)34(30,31)22-10-9-17(24)11-20(22)33-21(15)13-26(3)23(29)25-18-7-5-6-8-19(18)32-4/h5-11,15-16,21,28H,12-14H2,1-4H3,(H,25,29)/t15-,16-,21+/m1/s1. The number of benzene rings is 2. The van der Waals surface area contributed by atoms with Gasteiger partial charge in [-0.05, 0) is 37.3 Å². The zero-order valence-corrected chi connectivity index (χ0v) is 22.0. The minimum Gasteiger partial charge on any atom is -0.495 e. The maximum atomic E-state index is 13.4. The van der Waals surface area contributed by atoms with Gasteiger partial charge in [-0.2, -0.15) is 4.31 Å². The van der Waals surface area contributed by atoms with Gasteiger partial charge in [0.05, 0.1) is 25.9 Å². The van der Waals surface area contributed by atoms with E-state index in [4.69, 9.17) is 9.47 Å². The van der Waals surface area contributed by atoms with Gasteiger partial charge in [0.15, 0.2) is 0 Å². The van der Waals surface area contributed by atoms with Crippen molar-refractivity contribution in [1.29, 1.82) is 0 Å². The van der Waals surface area contributed by atoms with E-state index in [2.05, 4.69) is 21.2 Å². The lowest BCUT2D eigenvalue weighted by Gasteiger charge is -2.37. The van der Waals surface area contributed by atoms with Gasteiger partial charge in [0.25, 0.3) is 0 Å². The molecule has 0 unspecified atom stereocenters. The number of rotatable bonds is 6. The largest absolute Gasteiger partial charge is 0.495 e. The summed E-state index contributed by atoms with van der Waals surface area (Å²) in [4.78, 5) is 14.4. The molecule has 0 aromatic heterocycles. The first-order chi connectivity index (χ1) is 16.1. The van der Waals surface area contributed by atoms with Gasteiger partial charge in [0.2, 0.25) is 10.0 Å². The van der Waals surface area contributed by atoms with Gasteiger partial charge >= 0.3 is 6.03 Å². The van der Waals surface area contributed by atoms with Crippen molar-refractivity contribution in [3.8, 4) is 11.5 Å². The summed E-state index contributed by atoms with van der Waals surface area (Å²) >= 11 is 3.38. The Morgan fingerprint density at radius 2 is 2.06 bits per heavy atom. The van der Waals surface area contributed by atoms with Crippen molar-refractivity contribution in [2.75, 3.05) is 39.2 Å². The van der Waals surface area contributed by atoms with Crippen LogP contribution in [0.3, 0.4) is 0 Å². The van der Waals surface area contributed by atoms with Gasteiger partial charge in [-0.3, -0.25) is 0 Å². The Hall–Kier alpha value is -2.34. The van der Waals surface area contributed by atoms with Crippen LogP contribution in [0.25, 0.3) is 0 Å². The molecule has 0 saturated heterocycles. The summed E-state index contributed by atoms with van der Waals surface area (Å²) in [5, 5.41) is 12.5. The van der Waals surface area contributed by atoms with Gasteiger partial charge in [-0.1, -0.05) is 35.0 Å². The Bertz CT molecular complexity index is 1130. The molecule has 1 heterocycles. The minimum absolute atomic E-state index is 0.0222. The molecule has 0 saturated carbocycles. The van der Waals surface area contributed by atoms with Crippen LogP contribution in [0, 0.1) is 5.92 Å². The summed E-state index contributed by atoms with van der Waals surface area (Å²) in [6.07, 6.45) is -0.509. The molecule has 1 aliphatic rings. The molecule has 11 heteroatoms. The first-order valence-electron chi connectivity index (χ1n) is 10.8. The highest BCUT2D eigenvalue weighted by Gasteiger charge is 2.38. The summed E-state index contributed by atoms with van der Waals surface area (Å²) in [5.74, 6) is 0.453. The van der Waals surface area contributed by atoms with Crippen molar-refractivity contribution in [2.45, 2.75) is 30.9 Å². The highest BCUT2D eigenvalue weighted by atomic mass is 79.9. The average molecular weight is 556 g/mol. The molecule has 2 aromatic carbocycles. The number of fused-ring (bicyclic) bond motifs is 1. The van der Waals surface area contributed by atoms with Gasteiger partial charge in [-0.25, -0.2) is 13.2 Å². The average Bonchev–Trinajstić information content (AvgIpc) is 2.80. The predicted molar refractivity (Wildman–Crippen MR) is 133 cm³/mol. The van der Waals surface area contributed by atoms with Crippen molar-refractivity contribution in [2.24, 2.45) is 5.92 Å². The number of halogens is 1. The highest BCUT2D eigenvalue weighted by Crippen LogP contribution is 2.35. The fourth-order valence-corrected chi connectivity index (χ4v) is 5.89. The summed E-state index contributed by atoms with van der Waals surface area (Å²) in [6.45, 7) is 3.55. The minimum atomic E-state index is -3.90. The van der Waals surface area contributed by atoms with Crippen LogP contribution in [0.4, 0.5) is 10.5 Å². The third kappa shape index (κ3) is 5.65. The molecule has 3 atom stereocenters. The molecule has 2 aromatic rings. The number of amides is 2. The van der Waals surface area contributed by atoms with Crippen LogP contribution in [-0.4, -0.2) is 74.8 Å².